The van der Waals surface area contributed by atoms with Crippen LogP contribution in [0, 0.1) is 0 Å². The number of rotatable bonds is 5. The number of amides is 1. The Kier molecular flexibility index (Phi) is 5.88. The Hall–Kier alpha value is -2.70. The first-order valence-corrected chi connectivity index (χ1v) is 8.82. The number of carbonyl (C=O) groups is 1. The molecule has 1 saturated heterocycles. The van der Waals surface area contributed by atoms with Crippen molar-refractivity contribution in [3.8, 4) is 5.75 Å². The highest BCUT2D eigenvalue weighted by Crippen LogP contribution is 2.36. The van der Waals surface area contributed by atoms with Crippen LogP contribution in [0.5, 0.6) is 5.75 Å². The molecule has 1 aliphatic heterocycles. The second kappa shape index (κ2) is 8.33. The van der Waals surface area contributed by atoms with Gasteiger partial charge in [-0.3, -0.25) is 4.79 Å². The van der Waals surface area contributed by atoms with Gasteiger partial charge in [0.15, 0.2) is 0 Å². The van der Waals surface area contributed by atoms with Gasteiger partial charge in [0.05, 0.1) is 18.6 Å². The number of alkyl halides is 3. The summed E-state index contributed by atoms with van der Waals surface area (Å²) in [5.41, 5.74) is -0.467. The second-order valence-corrected chi connectivity index (χ2v) is 6.29. The standard InChI is InChI=1S/C20H21F3N2O2/c21-20(22,23)17-8-4-5-9-18(17)24-11-13-25(14-12-24)19(26)10-15-27-16-6-2-1-3-7-16/h1-9H,10-15H2. The highest BCUT2D eigenvalue weighted by atomic mass is 19.4. The zero-order valence-corrected chi connectivity index (χ0v) is 14.8. The van der Waals surface area contributed by atoms with Crippen LogP contribution in [0.4, 0.5) is 18.9 Å². The summed E-state index contributed by atoms with van der Waals surface area (Å²) >= 11 is 0. The van der Waals surface area contributed by atoms with Crippen molar-refractivity contribution in [3.63, 3.8) is 0 Å². The number of ether oxygens (including phenoxy) is 1. The summed E-state index contributed by atoms with van der Waals surface area (Å²) in [5.74, 6) is 0.661. The zero-order valence-electron chi connectivity index (χ0n) is 14.8. The van der Waals surface area contributed by atoms with Crippen LogP contribution in [-0.2, 0) is 11.0 Å². The van der Waals surface area contributed by atoms with Crippen LogP contribution < -0.4 is 9.64 Å². The fourth-order valence-corrected chi connectivity index (χ4v) is 3.12. The molecule has 0 atom stereocenters. The number of nitrogens with zero attached hydrogens (tertiary/aromatic N) is 2. The molecule has 0 aliphatic carbocycles. The largest absolute Gasteiger partial charge is 0.493 e. The van der Waals surface area contributed by atoms with Crippen LogP contribution in [0.15, 0.2) is 54.6 Å². The summed E-state index contributed by atoms with van der Waals surface area (Å²) in [6.45, 7) is 1.82. The van der Waals surface area contributed by atoms with Crippen LogP contribution >= 0.6 is 0 Å². The Bertz CT molecular complexity index is 757. The van der Waals surface area contributed by atoms with Gasteiger partial charge < -0.3 is 14.5 Å². The van der Waals surface area contributed by atoms with E-state index in [9.17, 15) is 18.0 Å². The summed E-state index contributed by atoms with van der Waals surface area (Å²) in [6.07, 6.45) is -4.15. The molecule has 3 rings (SSSR count). The van der Waals surface area contributed by atoms with Crippen molar-refractivity contribution in [3.05, 3.63) is 60.2 Å². The van der Waals surface area contributed by atoms with E-state index in [0.717, 1.165) is 6.07 Å². The van der Waals surface area contributed by atoms with Crippen LogP contribution in [0.3, 0.4) is 0 Å². The van der Waals surface area contributed by atoms with E-state index >= 15 is 0 Å². The lowest BCUT2D eigenvalue weighted by molar-refractivity contribution is -0.137. The minimum atomic E-state index is -4.39. The molecular weight excluding hydrogens is 357 g/mol. The number of para-hydroxylation sites is 2. The molecule has 2 aromatic carbocycles. The van der Waals surface area contributed by atoms with Crippen molar-refractivity contribution in [2.75, 3.05) is 37.7 Å². The molecule has 0 saturated carbocycles. The van der Waals surface area contributed by atoms with Crippen molar-refractivity contribution in [2.24, 2.45) is 0 Å². The normalized spacial score (nSPS) is 14.9. The molecule has 0 unspecified atom stereocenters. The molecule has 27 heavy (non-hydrogen) atoms. The molecule has 4 nitrogen and oxygen atoms in total. The van der Waals surface area contributed by atoms with Gasteiger partial charge in [-0.15, -0.1) is 0 Å². The fraction of sp³-hybridized carbons (Fsp3) is 0.350. The Balaban J connectivity index is 1.51. The number of hydrogen-bond donors (Lipinski definition) is 0. The second-order valence-electron chi connectivity index (χ2n) is 6.29. The molecule has 0 aromatic heterocycles. The third kappa shape index (κ3) is 4.93. The van der Waals surface area contributed by atoms with Gasteiger partial charge in [0.2, 0.25) is 5.91 Å². The molecular formula is C20H21F3N2O2. The number of halogens is 3. The Labute approximate surface area is 156 Å². The van der Waals surface area contributed by atoms with Gasteiger partial charge in [-0.2, -0.15) is 13.2 Å². The van der Waals surface area contributed by atoms with Crippen LogP contribution in [0.1, 0.15) is 12.0 Å². The predicted octanol–water partition coefficient (Wildman–Crippen LogP) is 3.82. The van der Waals surface area contributed by atoms with E-state index in [4.69, 9.17) is 4.74 Å². The summed E-state index contributed by atoms with van der Waals surface area (Å²) in [4.78, 5) is 15.7. The molecule has 0 bridgehead atoms. The molecule has 0 spiro atoms. The fourth-order valence-electron chi connectivity index (χ4n) is 3.12. The first-order valence-electron chi connectivity index (χ1n) is 8.82. The van der Waals surface area contributed by atoms with E-state index in [1.807, 2.05) is 30.3 Å². The Morgan fingerprint density at radius 2 is 1.56 bits per heavy atom. The maximum atomic E-state index is 13.2. The molecule has 0 radical (unpaired) electrons. The molecule has 1 fully saturated rings. The average Bonchev–Trinajstić information content (AvgIpc) is 2.68. The lowest BCUT2D eigenvalue weighted by atomic mass is 10.1. The average molecular weight is 378 g/mol. The molecule has 1 amide bonds. The first-order chi connectivity index (χ1) is 12.9. The van der Waals surface area contributed by atoms with Crippen LogP contribution in [0.25, 0.3) is 0 Å². The minimum Gasteiger partial charge on any atom is -0.493 e. The van der Waals surface area contributed by atoms with Crippen molar-refractivity contribution in [1.82, 2.24) is 4.90 Å². The van der Waals surface area contributed by atoms with Crippen molar-refractivity contribution in [2.45, 2.75) is 12.6 Å². The zero-order chi connectivity index (χ0) is 19.3. The molecule has 2 aromatic rings. The molecule has 0 N–H and O–H groups in total. The lowest BCUT2D eigenvalue weighted by Crippen LogP contribution is -2.49. The van der Waals surface area contributed by atoms with Crippen LogP contribution in [0.2, 0.25) is 0 Å². The van der Waals surface area contributed by atoms with Gasteiger partial charge >= 0.3 is 6.18 Å². The highest BCUT2D eigenvalue weighted by Gasteiger charge is 2.35. The molecule has 7 heteroatoms. The van der Waals surface area contributed by atoms with Gasteiger partial charge in [0.25, 0.3) is 0 Å². The lowest BCUT2D eigenvalue weighted by Gasteiger charge is -2.37. The quantitative estimate of drug-likeness (QED) is 0.793. The van der Waals surface area contributed by atoms with Gasteiger partial charge in [-0.25, -0.2) is 0 Å². The molecule has 144 valence electrons. The van der Waals surface area contributed by atoms with E-state index in [1.165, 1.54) is 12.1 Å². The third-order valence-electron chi connectivity index (χ3n) is 4.51. The summed E-state index contributed by atoms with van der Waals surface area (Å²) in [7, 11) is 0. The summed E-state index contributed by atoms with van der Waals surface area (Å²) in [6, 6.07) is 14.8. The predicted molar refractivity (Wildman–Crippen MR) is 96.8 cm³/mol. The van der Waals surface area contributed by atoms with E-state index in [2.05, 4.69) is 0 Å². The van der Waals surface area contributed by atoms with E-state index in [1.54, 1.807) is 15.9 Å². The Morgan fingerprint density at radius 3 is 2.22 bits per heavy atom. The summed E-state index contributed by atoms with van der Waals surface area (Å²) in [5, 5.41) is 0. The van der Waals surface area contributed by atoms with Gasteiger partial charge in [-0.05, 0) is 24.3 Å². The van der Waals surface area contributed by atoms with Gasteiger partial charge in [0.1, 0.15) is 5.75 Å². The SMILES string of the molecule is O=C(CCOc1ccccc1)N1CCN(c2ccccc2C(F)(F)F)CC1. The van der Waals surface area contributed by atoms with E-state index in [0.29, 0.717) is 31.9 Å². The van der Waals surface area contributed by atoms with Gasteiger partial charge in [0, 0.05) is 31.9 Å². The van der Waals surface area contributed by atoms with Crippen molar-refractivity contribution >= 4 is 11.6 Å². The number of benzene rings is 2. The van der Waals surface area contributed by atoms with Crippen molar-refractivity contribution in [1.29, 1.82) is 0 Å². The third-order valence-corrected chi connectivity index (χ3v) is 4.51. The maximum absolute atomic E-state index is 13.2. The first kappa shape index (κ1) is 19.1. The monoisotopic (exact) mass is 378 g/mol. The molecule has 1 aliphatic rings. The van der Waals surface area contributed by atoms with Crippen molar-refractivity contribution < 1.29 is 22.7 Å². The minimum absolute atomic E-state index is 0.0466. The Morgan fingerprint density at radius 1 is 0.926 bits per heavy atom. The van der Waals surface area contributed by atoms with Crippen LogP contribution in [-0.4, -0.2) is 43.6 Å². The molecule has 1 heterocycles. The maximum Gasteiger partial charge on any atom is 0.418 e. The highest BCUT2D eigenvalue weighted by molar-refractivity contribution is 5.76. The number of piperazine rings is 1. The van der Waals surface area contributed by atoms with E-state index < -0.39 is 11.7 Å². The summed E-state index contributed by atoms with van der Waals surface area (Å²) < 4.78 is 45.1. The number of hydrogen-bond acceptors (Lipinski definition) is 3. The van der Waals surface area contributed by atoms with E-state index in [-0.39, 0.29) is 24.6 Å². The van der Waals surface area contributed by atoms with Gasteiger partial charge in [-0.1, -0.05) is 30.3 Å². The number of anilines is 1. The topological polar surface area (TPSA) is 32.8 Å². The smallest absolute Gasteiger partial charge is 0.418 e. The number of carbonyl (C=O) groups excluding carboxylic acids is 1.